The van der Waals surface area contributed by atoms with Gasteiger partial charge in [-0.1, -0.05) is 15.9 Å². The van der Waals surface area contributed by atoms with E-state index in [4.69, 9.17) is 5.73 Å². The maximum absolute atomic E-state index is 13.3. The van der Waals surface area contributed by atoms with Crippen molar-refractivity contribution in [1.29, 1.82) is 0 Å². The monoisotopic (exact) mass is 343 g/mol. The predicted molar refractivity (Wildman–Crippen MR) is 75.7 cm³/mol. The van der Waals surface area contributed by atoms with Gasteiger partial charge in [0.25, 0.3) is 0 Å². The normalized spacial score (nSPS) is 14.1. The minimum atomic E-state index is -1.00. The minimum Gasteiger partial charge on any atom is -0.321 e. The van der Waals surface area contributed by atoms with Gasteiger partial charge in [0.2, 0.25) is 0 Å². The van der Waals surface area contributed by atoms with Gasteiger partial charge in [0, 0.05) is 16.1 Å². The van der Waals surface area contributed by atoms with Crippen LogP contribution in [0.5, 0.6) is 0 Å². The van der Waals surface area contributed by atoms with Gasteiger partial charge in [-0.3, -0.25) is 0 Å². The molecule has 0 aliphatic carbocycles. The standard InChI is InChI=1S/C15H13BrF3N/c1-15(20,10-4-13(18)7-14(19)5-10)8-9-2-11(16)6-12(17)3-9/h2-7H,8,20H2,1H3. The maximum Gasteiger partial charge on any atom is 0.126 e. The van der Waals surface area contributed by atoms with Crippen LogP contribution in [0.15, 0.2) is 40.9 Å². The van der Waals surface area contributed by atoms with Crippen LogP contribution in [0.4, 0.5) is 13.2 Å². The van der Waals surface area contributed by atoms with E-state index >= 15 is 0 Å². The van der Waals surface area contributed by atoms with Crippen molar-refractivity contribution in [3.05, 3.63) is 69.4 Å². The van der Waals surface area contributed by atoms with E-state index in [-0.39, 0.29) is 6.42 Å². The number of rotatable bonds is 3. The van der Waals surface area contributed by atoms with Crippen LogP contribution in [0, 0.1) is 17.5 Å². The second-order valence-electron chi connectivity index (χ2n) is 5.03. The van der Waals surface area contributed by atoms with Gasteiger partial charge >= 0.3 is 0 Å². The summed E-state index contributed by atoms with van der Waals surface area (Å²) >= 11 is 3.20. The average Bonchev–Trinajstić information content (AvgIpc) is 2.25. The molecule has 1 unspecified atom stereocenters. The quantitative estimate of drug-likeness (QED) is 0.884. The summed E-state index contributed by atoms with van der Waals surface area (Å²) in [5.41, 5.74) is 6.11. The number of hydrogen-bond donors (Lipinski definition) is 1. The highest BCUT2D eigenvalue weighted by Crippen LogP contribution is 2.26. The van der Waals surface area contributed by atoms with Crippen molar-refractivity contribution in [1.82, 2.24) is 0 Å². The molecule has 0 bridgehead atoms. The zero-order valence-electron chi connectivity index (χ0n) is 10.8. The second kappa shape index (κ2) is 5.58. The van der Waals surface area contributed by atoms with Gasteiger partial charge < -0.3 is 5.73 Å². The van der Waals surface area contributed by atoms with Crippen molar-refractivity contribution in [2.75, 3.05) is 0 Å². The van der Waals surface area contributed by atoms with E-state index in [2.05, 4.69) is 15.9 Å². The van der Waals surface area contributed by atoms with Crippen molar-refractivity contribution >= 4 is 15.9 Å². The highest BCUT2D eigenvalue weighted by Gasteiger charge is 2.23. The van der Waals surface area contributed by atoms with Gasteiger partial charge in [0.05, 0.1) is 0 Å². The molecule has 106 valence electrons. The first kappa shape index (κ1) is 15.1. The second-order valence-corrected chi connectivity index (χ2v) is 5.95. The third-order valence-corrected chi connectivity index (χ3v) is 3.47. The largest absolute Gasteiger partial charge is 0.321 e. The highest BCUT2D eigenvalue weighted by atomic mass is 79.9. The number of halogens is 4. The Labute approximate surface area is 123 Å². The number of nitrogens with two attached hydrogens (primary N) is 1. The summed E-state index contributed by atoms with van der Waals surface area (Å²) in [6.07, 6.45) is 0.256. The third-order valence-electron chi connectivity index (χ3n) is 3.02. The third kappa shape index (κ3) is 3.61. The Morgan fingerprint density at radius 1 is 0.950 bits per heavy atom. The molecule has 0 fully saturated rings. The van der Waals surface area contributed by atoms with Crippen LogP contribution in [-0.4, -0.2) is 0 Å². The summed E-state index contributed by atoms with van der Waals surface area (Å²) in [4.78, 5) is 0. The van der Waals surface area contributed by atoms with Gasteiger partial charge in [-0.05, 0) is 54.8 Å². The molecule has 0 aliphatic heterocycles. The summed E-state index contributed by atoms with van der Waals surface area (Å²) in [6, 6.07) is 7.59. The Balaban J connectivity index is 2.34. The summed E-state index contributed by atoms with van der Waals surface area (Å²) in [7, 11) is 0. The minimum absolute atomic E-state index is 0.256. The molecule has 0 aromatic heterocycles. The Kier molecular flexibility index (Phi) is 4.20. The first-order valence-electron chi connectivity index (χ1n) is 5.97. The topological polar surface area (TPSA) is 26.0 Å². The average molecular weight is 344 g/mol. The summed E-state index contributed by atoms with van der Waals surface area (Å²) in [5, 5.41) is 0. The molecule has 1 atom stereocenters. The molecule has 0 heterocycles. The fourth-order valence-electron chi connectivity index (χ4n) is 2.12. The van der Waals surface area contributed by atoms with Gasteiger partial charge in [-0.15, -0.1) is 0 Å². The van der Waals surface area contributed by atoms with Gasteiger partial charge in [0.1, 0.15) is 17.5 Å². The fourth-order valence-corrected chi connectivity index (χ4v) is 2.64. The van der Waals surface area contributed by atoms with Crippen LogP contribution in [0.2, 0.25) is 0 Å². The zero-order chi connectivity index (χ0) is 14.9. The lowest BCUT2D eigenvalue weighted by Crippen LogP contribution is -2.35. The van der Waals surface area contributed by atoms with E-state index < -0.39 is 23.0 Å². The van der Waals surface area contributed by atoms with Crippen LogP contribution in [-0.2, 0) is 12.0 Å². The summed E-state index contributed by atoms with van der Waals surface area (Å²) in [6.45, 7) is 1.65. The molecule has 2 N–H and O–H groups in total. The zero-order valence-corrected chi connectivity index (χ0v) is 12.3. The van der Waals surface area contributed by atoms with Gasteiger partial charge in [-0.2, -0.15) is 0 Å². The molecular weight excluding hydrogens is 331 g/mol. The van der Waals surface area contributed by atoms with Crippen LogP contribution in [0.3, 0.4) is 0 Å². The van der Waals surface area contributed by atoms with E-state index in [0.29, 0.717) is 15.6 Å². The lowest BCUT2D eigenvalue weighted by molar-refractivity contribution is 0.477. The molecule has 0 aliphatic rings. The van der Waals surface area contributed by atoms with Crippen LogP contribution in [0.1, 0.15) is 18.1 Å². The molecule has 0 spiro atoms. The van der Waals surface area contributed by atoms with Gasteiger partial charge in [-0.25, -0.2) is 13.2 Å². The predicted octanol–water partition coefficient (Wildman–Crippen LogP) is 4.28. The SMILES string of the molecule is CC(N)(Cc1cc(F)cc(Br)c1)c1cc(F)cc(F)c1. The Morgan fingerprint density at radius 3 is 2.05 bits per heavy atom. The summed E-state index contributed by atoms with van der Waals surface area (Å²) < 4.78 is 40.5. The van der Waals surface area contributed by atoms with Crippen LogP contribution >= 0.6 is 15.9 Å². The van der Waals surface area contributed by atoms with Crippen molar-refractivity contribution in [2.24, 2.45) is 5.73 Å². The van der Waals surface area contributed by atoms with Crippen LogP contribution < -0.4 is 5.73 Å². The fraction of sp³-hybridized carbons (Fsp3) is 0.200. The molecule has 2 aromatic carbocycles. The molecule has 20 heavy (non-hydrogen) atoms. The Hall–Kier alpha value is -1.33. The maximum atomic E-state index is 13.3. The molecule has 0 radical (unpaired) electrons. The molecule has 0 saturated carbocycles. The van der Waals surface area contributed by atoms with E-state index in [1.165, 1.54) is 24.3 Å². The molecule has 0 amide bonds. The van der Waals surface area contributed by atoms with E-state index in [0.717, 1.165) is 6.07 Å². The van der Waals surface area contributed by atoms with E-state index in [9.17, 15) is 13.2 Å². The number of hydrogen-bond acceptors (Lipinski definition) is 1. The van der Waals surface area contributed by atoms with E-state index in [1.54, 1.807) is 13.0 Å². The lowest BCUT2D eigenvalue weighted by Gasteiger charge is -2.25. The van der Waals surface area contributed by atoms with Gasteiger partial charge in [0.15, 0.2) is 0 Å². The molecule has 2 aromatic rings. The van der Waals surface area contributed by atoms with Crippen molar-refractivity contribution in [3.8, 4) is 0 Å². The molecular formula is C15H13BrF3N. The Bertz CT molecular complexity index is 601. The first-order valence-corrected chi connectivity index (χ1v) is 6.76. The molecule has 5 heteroatoms. The lowest BCUT2D eigenvalue weighted by atomic mass is 9.86. The van der Waals surface area contributed by atoms with Crippen molar-refractivity contribution in [2.45, 2.75) is 18.9 Å². The number of benzene rings is 2. The smallest absolute Gasteiger partial charge is 0.126 e. The van der Waals surface area contributed by atoms with Crippen LogP contribution in [0.25, 0.3) is 0 Å². The van der Waals surface area contributed by atoms with Crippen molar-refractivity contribution in [3.63, 3.8) is 0 Å². The molecule has 2 rings (SSSR count). The first-order chi connectivity index (χ1) is 9.26. The molecule has 1 nitrogen and oxygen atoms in total. The summed E-state index contributed by atoms with van der Waals surface area (Å²) in [5.74, 6) is -1.76. The Morgan fingerprint density at radius 2 is 1.50 bits per heavy atom. The van der Waals surface area contributed by atoms with Crippen molar-refractivity contribution < 1.29 is 13.2 Å². The highest BCUT2D eigenvalue weighted by molar-refractivity contribution is 9.10. The van der Waals surface area contributed by atoms with E-state index in [1.807, 2.05) is 0 Å². The molecule has 0 saturated heterocycles.